The van der Waals surface area contributed by atoms with E-state index in [-0.39, 0.29) is 23.9 Å². The summed E-state index contributed by atoms with van der Waals surface area (Å²) in [4.78, 5) is 23.3. The van der Waals surface area contributed by atoms with Crippen LogP contribution in [0.15, 0.2) is 24.3 Å². The summed E-state index contributed by atoms with van der Waals surface area (Å²) in [7, 11) is 0. The second-order valence-corrected chi connectivity index (χ2v) is 5.81. The van der Waals surface area contributed by atoms with E-state index >= 15 is 0 Å². The Morgan fingerprint density at radius 3 is 2.52 bits per heavy atom. The molecule has 2 aromatic rings. The minimum Gasteiger partial charge on any atom is -0.478 e. The molecule has 0 aliphatic heterocycles. The van der Waals surface area contributed by atoms with Gasteiger partial charge in [-0.25, -0.2) is 4.79 Å². The third kappa shape index (κ3) is 3.97. The van der Waals surface area contributed by atoms with E-state index in [9.17, 15) is 9.59 Å². The molecule has 122 valence electrons. The number of carbonyl (C=O) groups excluding carboxylic acids is 1. The van der Waals surface area contributed by atoms with Crippen molar-refractivity contribution in [3.63, 3.8) is 0 Å². The van der Waals surface area contributed by atoms with Gasteiger partial charge in [-0.15, -0.1) is 0 Å². The van der Waals surface area contributed by atoms with E-state index in [1.165, 1.54) is 12.1 Å². The molecule has 1 aromatic carbocycles. The van der Waals surface area contributed by atoms with E-state index in [2.05, 4.69) is 10.4 Å². The van der Waals surface area contributed by atoms with Crippen molar-refractivity contribution < 1.29 is 14.7 Å². The highest BCUT2D eigenvalue weighted by molar-refractivity contribution is 5.94. The fourth-order valence-corrected chi connectivity index (χ4v) is 2.54. The maximum Gasteiger partial charge on any atom is 0.335 e. The Kier molecular flexibility index (Phi) is 4.83. The van der Waals surface area contributed by atoms with Gasteiger partial charge in [-0.1, -0.05) is 6.07 Å². The summed E-state index contributed by atoms with van der Waals surface area (Å²) in [5.41, 5.74) is 3.42. The molecule has 0 aliphatic rings. The Bertz CT molecular complexity index is 750. The topological polar surface area (TPSA) is 84.2 Å². The minimum atomic E-state index is -1.02. The first kappa shape index (κ1) is 16.7. The second-order valence-electron chi connectivity index (χ2n) is 5.81. The van der Waals surface area contributed by atoms with Gasteiger partial charge in [-0.2, -0.15) is 5.10 Å². The summed E-state index contributed by atoms with van der Waals surface area (Å²) in [5.74, 6) is -1.19. The molecule has 1 atom stereocenters. The molecule has 1 aromatic heterocycles. The third-order valence-electron chi connectivity index (χ3n) is 3.70. The first-order valence-electron chi connectivity index (χ1n) is 7.44. The van der Waals surface area contributed by atoms with Crippen molar-refractivity contribution >= 4 is 17.6 Å². The fraction of sp³-hybridized carbons (Fsp3) is 0.353. The molecule has 6 heteroatoms. The van der Waals surface area contributed by atoms with Gasteiger partial charge in [0.25, 0.3) is 0 Å². The van der Waals surface area contributed by atoms with E-state index in [4.69, 9.17) is 5.11 Å². The summed E-state index contributed by atoms with van der Waals surface area (Å²) in [5, 5.41) is 16.2. The number of anilines is 1. The molecule has 2 N–H and O–H groups in total. The van der Waals surface area contributed by atoms with Crippen molar-refractivity contribution in [2.24, 2.45) is 0 Å². The predicted molar refractivity (Wildman–Crippen MR) is 87.8 cm³/mol. The van der Waals surface area contributed by atoms with Crippen molar-refractivity contribution in [1.82, 2.24) is 9.78 Å². The van der Waals surface area contributed by atoms with Crippen molar-refractivity contribution in [2.45, 2.75) is 40.2 Å². The van der Waals surface area contributed by atoms with Crippen LogP contribution in [0.5, 0.6) is 0 Å². The average molecular weight is 315 g/mol. The van der Waals surface area contributed by atoms with Crippen molar-refractivity contribution in [2.75, 3.05) is 5.32 Å². The van der Waals surface area contributed by atoms with Crippen LogP contribution in [0.1, 0.15) is 46.7 Å². The standard InChI is InChI=1S/C17H21N3O3/c1-10-5-6-14(17(22)23)9-15(10)18-16(21)8-13(4)20-12(3)7-11(2)19-20/h5-7,9,13H,8H2,1-4H3,(H,18,21)(H,22,23). The SMILES string of the molecule is Cc1cc(C)n(C(C)CC(=O)Nc2cc(C(=O)O)ccc2C)n1. The van der Waals surface area contributed by atoms with Gasteiger partial charge < -0.3 is 10.4 Å². The molecule has 23 heavy (non-hydrogen) atoms. The number of aromatic carboxylic acids is 1. The van der Waals surface area contributed by atoms with Crippen LogP contribution >= 0.6 is 0 Å². The van der Waals surface area contributed by atoms with Crippen LogP contribution in [0.3, 0.4) is 0 Å². The Balaban J connectivity index is 2.09. The second kappa shape index (κ2) is 6.64. The van der Waals surface area contributed by atoms with Gasteiger partial charge in [0.05, 0.1) is 17.3 Å². The number of carbonyl (C=O) groups is 2. The van der Waals surface area contributed by atoms with E-state index in [1.54, 1.807) is 6.07 Å². The van der Waals surface area contributed by atoms with Crippen LogP contribution in [0.25, 0.3) is 0 Å². The molecule has 1 unspecified atom stereocenters. The van der Waals surface area contributed by atoms with Gasteiger partial charge in [0.1, 0.15) is 0 Å². The maximum atomic E-state index is 12.2. The molecule has 6 nitrogen and oxygen atoms in total. The number of carboxylic acid groups (broad SMARTS) is 1. The zero-order valence-electron chi connectivity index (χ0n) is 13.8. The molecule has 2 rings (SSSR count). The summed E-state index contributed by atoms with van der Waals surface area (Å²) in [6, 6.07) is 6.57. The molecular formula is C17H21N3O3. The molecule has 0 spiro atoms. The predicted octanol–water partition coefficient (Wildman–Crippen LogP) is 3.10. The van der Waals surface area contributed by atoms with Crippen molar-refractivity contribution in [3.8, 4) is 0 Å². The number of rotatable bonds is 5. The highest BCUT2D eigenvalue weighted by Crippen LogP contribution is 2.19. The van der Waals surface area contributed by atoms with Gasteiger partial charge in [0.15, 0.2) is 0 Å². The van der Waals surface area contributed by atoms with Crippen LogP contribution in [-0.2, 0) is 4.79 Å². The van der Waals surface area contributed by atoms with E-state index in [1.807, 2.05) is 38.4 Å². The highest BCUT2D eigenvalue weighted by atomic mass is 16.4. The number of aryl methyl sites for hydroxylation is 3. The largest absolute Gasteiger partial charge is 0.478 e. The fourth-order valence-electron chi connectivity index (χ4n) is 2.54. The number of nitrogens with zero attached hydrogens (tertiary/aromatic N) is 2. The van der Waals surface area contributed by atoms with Crippen molar-refractivity contribution in [1.29, 1.82) is 0 Å². The minimum absolute atomic E-state index is 0.0772. The zero-order chi connectivity index (χ0) is 17.1. The monoisotopic (exact) mass is 315 g/mol. The molecule has 0 saturated carbocycles. The van der Waals surface area contributed by atoms with Crippen molar-refractivity contribution in [3.05, 3.63) is 46.8 Å². The molecule has 1 heterocycles. The lowest BCUT2D eigenvalue weighted by Crippen LogP contribution is -2.19. The smallest absolute Gasteiger partial charge is 0.335 e. The van der Waals surface area contributed by atoms with Gasteiger partial charge in [-0.3, -0.25) is 9.48 Å². The number of hydrogen-bond acceptors (Lipinski definition) is 3. The van der Waals surface area contributed by atoms with E-state index in [0.717, 1.165) is 17.0 Å². The summed E-state index contributed by atoms with van der Waals surface area (Å²) in [6.45, 7) is 7.62. The van der Waals surface area contributed by atoms with Crippen LogP contribution in [0.4, 0.5) is 5.69 Å². The number of aromatic nitrogens is 2. The van der Waals surface area contributed by atoms with Crippen LogP contribution in [0.2, 0.25) is 0 Å². The molecule has 0 radical (unpaired) electrons. The van der Waals surface area contributed by atoms with Gasteiger partial charge in [0, 0.05) is 17.8 Å². The lowest BCUT2D eigenvalue weighted by molar-refractivity contribution is -0.116. The first-order chi connectivity index (χ1) is 10.8. The lowest BCUT2D eigenvalue weighted by atomic mass is 10.1. The normalized spacial score (nSPS) is 12.0. The number of hydrogen-bond donors (Lipinski definition) is 2. The highest BCUT2D eigenvalue weighted by Gasteiger charge is 2.15. The molecule has 0 saturated heterocycles. The van der Waals surface area contributed by atoms with Crippen LogP contribution < -0.4 is 5.32 Å². The van der Waals surface area contributed by atoms with Crippen LogP contribution in [0, 0.1) is 20.8 Å². The number of benzene rings is 1. The molecule has 1 amide bonds. The van der Waals surface area contributed by atoms with E-state index in [0.29, 0.717) is 5.69 Å². The molecular weight excluding hydrogens is 294 g/mol. The molecule has 0 bridgehead atoms. The Morgan fingerprint density at radius 1 is 1.26 bits per heavy atom. The summed E-state index contributed by atoms with van der Waals surface area (Å²) in [6.07, 6.45) is 0.263. The Morgan fingerprint density at radius 2 is 1.96 bits per heavy atom. The lowest BCUT2D eigenvalue weighted by Gasteiger charge is -2.15. The third-order valence-corrected chi connectivity index (χ3v) is 3.70. The van der Waals surface area contributed by atoms with E-state index < -0.39 is 5.97 Å². The maximum absolute atomic E-state index is 12.2. The van der Waals surface area contributed by atoms with Crippen LogP contribution in [-0.4, -0.2) is 26.8 Å². The summed E-state index contributed by atoms with van der Waals surface area (Å²) < 4.78 is 1.83. The number of carboxylic acids is 1. The molecule has 0 aliphatic carbocycles. The summed E-state index contributed by atoms with van der Waals surface area (Å²) >= 11 is 0. The number of nitrogens with one attached hydrogen (secondary N) is 1. The van der Waals surface area contributed by atoms with Gasteiger partial charge >= 0.3 is 5.97 Å². The average Bonchev–Trinajstić information content (AvgIpc) is 2.79. The van der Waals surface area contributed by atoms with Gasteiger partial charge in [0.2, 0.25) is 5.91 Å². The molecule has 0 fully saturated rings. The Hall–Kier alpha value is -2.63. The quantitative estimate of drug-likeness (QED) is 0.888. The zero-order valence-corrected chi connectivity index (χ0v) is 13.8. The first-order valence-corrected chi connectivity index (χ1v) is 7.44. The number of amides is 1. The van der Waals surface area contributed by atoms with Gasteiger partial charge in [-0.05, 0) is 51.5 Å². The Labute approximate surface area is 135 Å².